The maximum atomic E-state index is 5.92. The predicted molar refractivity (Wildman–Crippen MR) is 130 cm³/mol. The van der Waals surface area contributed by atoms with E-state index in [2.05, 4.69) is 40.0 Å². The SMILES string of the molecule is Cc1cn(-c2ccnc3nc(-c4[nH]nc5ncc(-c6cncc(N7CC(N)C7)n6)cc45)[nH]c23)cn1. The van der Waals surface area contributed by atoms with Gasteiger partial charge in [-0.1, -0.05) is 0 Å². The Bertz CT molecular complexity index is 1700. The number of nitrogens with one attached hydrogen (secondary N) is 2. The third kappa shape index (κ3) is 3.22. The number of nitrogens with zero attached hydrogens (tertiary/aromatic N) is 9. The molecule has 0 atom stereocenters. The van der Waals surface area contributed by atoms with Gasteiger partial charge in [-0.25, -0.2) is 24.9 Å². The highest BCUT2D eigenvalue weighted by Gasteiger charge is 2.25. The second kappa shape index (κ2) is 7.40. The molecule has 12 nitrogen and oxygen atoms in total. The van der Waals surface area contributed by atoms with Gasteiger partial charge < -0.3 is 20.2 Å². The third-order valence-electron chi connectivity index (χ3n) is 6.16. The van der Waals surface area contributed by atoms with Gasteiger partial charge in [0.05, 0.1) is 41.2 Å². The van der Waals surface area contributed by atoms with Crippen LogP contribution in [0.15, 0.2) is 49.4 Å². The average Bonchev–Trinajstić information content (AvgIpc) is 3.59. The molecule has 7 heterocycles. The van der Waals surface area contributed by atoms with Gasteiger partial charge in [0.1, 0.15) is 17.0 Å². The molecule has 0 spiro atoms. The van der Waals surface area contributed by atoms with E-state index in [0.29, 0.717) is 17.1 Å². The molecule has 0 radical (unpaired) electrons. The Morgan fingerprint density at radius 2 is 1.97 bits per heavy atom. The number of nitrogens with two attached hydrogens (primary N) is 1. The topological polar surface area (TPSA) is 156 Å². The highest BCUT2D eigenvalue weighted by atomic mass is 15.3. The lowest BCUT2D eigenvalue weighted by molar-refractivity contribution is 0.514. The van der Waals surface area contributed by atoms with Gasteiger partial charge in [0, 0.05) is 43.3 Å². The zero-order chi connectivity index (χ0) is 23.5. The van der Waals surface area contributed by atoms with Crippen molar-refractivity contribution in [2.24, 2.45) is 5.73 Å². The summed E-state index contributed by atoms with van der Waals surface area (Å²) < 4.78 is 1.95. The van der Waals surface area contributed by atoms with Crippen LogP contribution >= 0.6 is 0 Å². The summed E-state index contributed by atoms with van der Waals surface area (Å²) in [6.07, 6.45) is 10.7. The van der Waals surface area contributed by atoms with Crippen LogP contribution in [-0.2, 0) is 0 Å². The summed E-state index contributed by atoms with van der Waals surface area (Å²) in [7, 11) is 0. The molecule has 0 bridgehead atoms. The second-order valence-electron chi connectivity index (χ2n) is 8.66. The van der Waals surface area contributed by atoms with Crippen molar-refractivity contribution >= 4 is 28.0 Å². The number of aromatic nitrogens is 10. The molecule has 1 saturated heterocycles. The van der Waals surface area contributed by atoms with E-state index in [1.54, 1.807) is 31.1 Å². The number of H-pyrrole nitrogens is 2. The zero-order valence-electron chi connectivity index (χ0n) is 18.7. The minimum absolute atomic E-state index is 0.184. The standard InChI is InChI=1S/C23H20N12/c1-12-8-35(11-28-12)17-2-3-26-22-20(17)30-23(31-22)19-15-4-13(5-27-21(15)33-32-19)16-6-25-7-18(29-16)34-9-14(24)10-34/h2-8,11,14H,9-10,24H2,1H3,(H,26,30,31)(H,27,32,33). The molecule has 6 aromatic heterocycles. The number of anilines is 1. The van der Waals surface area contributed by atoms with Gasteiger partial charge in [0.15, 0.2) is 17.1 Å². The van der Waals surface area contributed by atoms with Crippen molar-refractivity contribution in [3.63, 3.8) is 0 Å². The van der Waals surface area contributed by atoms with Crippen LogP contribution in [-0.4, -0.2) is 68.8 Å². The number of aromatic amines is 2. The summed E-state index contributed by atoms with van der Waals surface area (Å²) in [5, 5.41) is 8.26. The summed E-state index contributed by atoms with van der Waals surface area (Å²) in [5.41, 5.74) is 12.0. The van der Waals surface area contributed by atoms with E-state index in [-0.39, 0.29) is 6.04 Å². The highest BCUT2D eigenvalue weighted by molar-refractivity contribution is 5.93. The van der Waals surface area contributed by atoms with Gasteiger partial charge in [-0.15, -0.1) is 0 Å². The van der Waals surface area contributed by atoms with Gasteiger partial charge in [-0.3, -0.25) is 10.1 Å². The lowest BCUT2D eigenvalue weighted by Crippen LogP contribution is -2.56. The van der Waals surface area contributed by atoms with Gasteiger partial charge >= 0.3 is 0 Å². The number of hydrogen-bond donors (Lipinski definition) is 3. The number of pyridine rings is 2. The highest BCUT2D eigenvalue weighted by Crippen LogP contribution is 2.30. The molecule has 0 unspecified atom stereocenters. The van der Waals surface area contributed by atoms with Crippen molar-refractivity contribution < 1.29 is 0 Å². The van der Waals surface area contributed by atoms with Crippen LogP contribution < -0.4 is 10.6 Å². The average molecular weight is 464 g/mol. The zero-order valence-corrected chi connectivity index (χ0v) is 18.7. The van der Waals surface area contributed by atoms with Crippen LogP contribution in [0.3, 0.4) is 0 Å². The minimum Gasteiger partial charge on any atom is -0.352 e. The molecule has 35 heavy (non-hydrogen) atoms. The molecule has 0 amide bonds. The molecular formula is C23H20N12. The van der Waals surface area contributed by atoms with E-state index >= 15 is 0 Å². The predicted octanol–water partition coefficient (Wildman–Crippen LogP) is 1.99. The normalized spacial score (nSPS) is 14.2. The Labute approximate surface area is 198 Å². The monoisotopic (exact) mass is 464 g/mol. The smallest absolute Gasteiger partial charge is 0.181 e. The Morgan fingerprint density at radius 3 is 2.80 bits per heavy atom. The van der Waals surface area contributed by atoms with Crippen LogP contribution in [0.2, 0.25) is 0 Å². The molecule has 0 saturated carbocycles. The first-order valence-corrected chi connectivity index (χ1v) is 11.2. The maximum absolute atomic E-state index is 5.92. The molecule has 1 aliphatic heterocycles. The fourth-order valence-electron chi connectivity index (χ4n) is 4.35. The number of rotatable bonds is 4. The summed E-state index contributed by atoms with van der Waals surface area (Å²) >= 11 is 0. The Morgan fingerprint density at radius 1 is 1.06 bits per heavy atom. The van der Waals surface area contributed by atoms with E-state index in [0.717, 1.165) is 58.1 Å². The van der Waals surface area contributed by atoms with Crippen molar-refractivity contribution in [1.82, 2.24) is 49.7 Å². The number of aryl methyl sites for hydroxylation is 1. The lowest BCUT2D eigenvalue weighted by atomic mass is 10.1. The molecular weight excluding hydrogens is 444 g/mol. The molecule has 7 rings (SSSR count). The largest absolute Gasteiger partial charge is 0.352 e. The van der Waals surface area contributed by atoms with E-state index < -0.39 is 0 Å². The molecule has 4 N–H and O–H groups in total. The second-order valence-corrected chi connectivity index (χ2v) is 8.66. The van der Waals surface area contributed by atoms with E-state index in [9.17, 15) is 0 Å². The Hall–Kier alpha value is -4.71. The van der Waals surface area contributed by atoms with Crippen molar-refractivity contribution in [3.8, 4) is 28.5 Å². The molecule has 12 heteroatoms. The fourth-order valence-corrected chi connectivity index (χ4v) is 4.35. The van der Waals surface area contributed by atoms with Crippen LogP contribution in [0, 0.1) is 6.92 Å². The fraction of sp³-hybridized carbons (Fsp3) is 0.174. The Balaban J connectivity index is 1.31. The van der Waals surface area contributed by atoms with Gasteiger partial charge in [0.2, 0.25) is 0 Å². The lowest BCUT2D eigenvalue weighted by Gasteiger charge is -2.37. The molecule has 1 aliphatic rings. The van der Waals surface area contributed by atoms with E-state index in [4.69, 9.17) is 15.7 Å². The van der Waals surface area contributed by atoms with Crippen LogP contribution in [0.1, 0.15) is 5.69 Å². The minimum atomic E-state index is 0.184. The van der Waals surface area contributed by atoms with Crippen LogP contribution in [0.4, 0.5) is 5.82 Å². The summed E-state index contributed by atoms with van der Waals surface area (Å²) in [5.74, 6) is 1.43. The van der Waals surface area contributed by atoms with Gasteiger partial charge in [0.25, 0.3) is 0 Å². The van der Waals surface area contributed by atoms with Crippen molar-refractivity contribution in [1.29, 1.82) is 0 Å². The quantitative estimate of drug-likeness (QED) is 0.355. The first-order chi connectivity index (χ1) is 17.1. The third-order valence-corrected chi connectivity index (χ3v) is 6.16. The Kier molecular flexibility index (Phi) is 4.17. The first kappa shape index (κ1) is 19.7. The molecule has 6 aromatic rings. The van der Waals surface area contributed by atoms with Gasteiger partial charge in [-0.2, -0.15) is 5.10 Å². The van der Waals surface area contributed by atoms with E-state index in [1.165, 1.54) is 0 Å². The van der Waals surface area contributed by atoms with Crippen molar-refractivity contribution in [2.45, 2.75) is 13.0 Å². The van der Waals surface area contributed by atoms with E-state index in [1.807, 2.05) is 29.8 Å². The number of imidazole rings is 2. The maximum Gasteiger partial charge on any atom is 0.181 e. The molecule has 0 aromatic carbocycles. The van der Waals surface area contributed by atoms with Crippen LogP contribution in [0.5, 0.6) is 0 Å². The molecule has 0 aliphatic carbocycles. The van der Waals surface area contributed by atoms with Crippen molar-refractivity contribution in [3.05, 3.63) is 55.1 Å². The van der Waals surface area contributed by atoms with Gasteiger partial charge in [-0.05, 0) is 19.1 Å². The summed E-state index contributed by atoms with van der Waals surface area (Å²) in [6.45, 7) is 3.51. The molecule has 1 fully saturated rings. The number of fused-ring (bicyclic) bond motifs is 2. The molecule has 172 valence electrons. The summed E-state index contributed by atoms with van der Waals surface area (Å²) in [6, 6.07) is 4.10. The van der Waals surface area contributed by atoms with Crippen LogP contribution in [0.25, 0.3) is 50.7 Å². The van der Waals surface area contributed by atoms with Crippen molar-refractivity contribution in [2.75, 3.05) is 18.0 Å². The first-order valence-electron chi connectivity index (χ1n) is 11.2. The number of hydrogen-bond acceptors (Lipinski definition) is 9. The summed E-state index contributed by atoms with van der Waals surface area (Å²) in [4.78, 5) is 32.7.